The van der Waals surface area contributed by atoms with E-state index in [0.717, 1.165) is 5.56 Å². The molecule has 2 aromatic heterocycles. The Labute approximate surface area is 176 Å². The average molecular weight is 433 g/mol. The van der Waals surface area contributed by atoms with E-state index < -0.39 is 17.8 Å². The lowest BCUT2D eigenvalue weighted by Crippen LogP contribution is -2.27. The number of anilines is 1. The first-order valence-corrected chi connectivity index (χ1v) is 9.83. The van der Waals surface area contributed by atoms with Crippen LogP contribution in [0.2, 0.25) is 5.15 Å². The van der Waals surface area contributed by atoms with Crippen LogP contribution >= 0.6 is 11.6 Å². The Hall–Kier alpha value is -2.94. The molecule has 0 aliphatic heterocycles. The lowest BCUT2D eigenvalue weighted by atomic mass is 9.83. The molecule has 0 spiro atoms. The molecule has 3 aromatic rings. The summed E-state index contributed by atoms with van der Waals surface area (Å²) in [6, 6.07) is 10.2. The number of hydrogen-bond donors (Lipinski definition) is 1. The predicted molar refractivity (Wildman–Crippen MR) is 107 cm³/mol. The monoisotopic (exact) mass is 432 g/mol. The quantitative estimate of drug-likeness (QED) is 0.614. The fourth-order valence-corrected chi connectivity index (χ4v) is 4.02. The largest absolute Gasteiger partial charge is 0.325 e. The SMILES string of the molecule is Cn1nnc(-c2ccc(C(C(=O)Nc3ccnc(Cl)c3)C3CCC(F)(F)C3)cc2)n1. The molecule has 2 heterocycles. The van der Waals surface area contributed by atoms with E-state index in [0.29, 0.717) is 17.1 Å². The van der Waals surface area contributed by atoms with Crippen molar-refractivity contribution in [1.29, 1.82) is 0 Å². The molecular formula is C20H19ClF2N6O. The third-order valence-electron chi connectivity index (χ3n) is 5.23. The van der Waals surface area contributed by atoms with Crippen LogP contribution in [0, 0.1) is 5.92 Å². The summed E-state index contributed by atoms with van der Waals surface area (Å²) in [5.74, 6) is -3.87. The highest BCUT2D eigenvalue weighted by Gasteiger charge is 2.45. The van der Waals surface area contributed by atoms with Gasteiger partial charge in [-0.05, 0) is 35.2 Å². The zero-order chi connectivity index (χ0) is 21.3. The predicted octanol–water partition coefficient (Wildman–Crippen LogP) is 4.08. The number of hydrogen-bond acceptors (Lipinski definition) is 5. The van der Waals surface area contributed by atoms with Gasteiger partial charge in [0.2, 0.25) is 17.7 Å². The normalized spacial score (nSPS) is 18.9. The molecule has 7 nitrogen and oxygen atoms in total. The number of carbonyl (C=O) groups excluding carboxylic acids is 1. The second-order valence-corrected chi connectivity index (χ2v) is 7.80. The van der Waals surface area contributed by atoms with E-state index in [1.165, 1.54) is 17.1 Å². The third kappa shape index (κ3) is 4.46. The summed E-state index contributed by atoms with van der Waals surface area (Å²) < 4.78 is 27.8. The van der Waals surface area contributed by atoms with Crippen molar-refractivity contribution in [3.8, 4) is 11.4 Å². The Morgan fingerprint density at radius 3 is 2.67 bits per heavy atom. The molecule has 1 aliphatic carbocycles. The van der Waals surface area contributed by atoms with Gasteiger partial charge < -0.3 is 5.32 Å². The molecule has 1 aromatic carbocycles. The first kappa shape index (κ1) is 20.3. The molecule has 0 saturated heterocycles. The summed E-state index contributed by atoms with van der Waals surface area (Å²) in [5.41, 5.74) is 1.85. The van der Waals surface area contributed by atoms with E-state index in [1.807, 2.05) is 0 Å². The van der Waals surface area contributed by atoms with Crippen LogP contribution in [0.15, 0.2) is 42.6 Å². The topological polar surface area (TPSA) is 85.6 Å². The van der Waals surface area contributed by atoms with Gasteiger partial charge in [-0.25, -0.2) is 13.8 Å². The highest BCUT2D eigenvalue weighted by Crippen LogP contribution is 2.46. The summed E-state index contributed by atoms with van der Waals surface area (Å²) in [4.78, 5) is 18.4. The first-order valence-electron chi connectivity index (χ1n) is 9.45. The van der Waals surface area contributed by atoms with Gasteiger partial charge in [-0.2, -0.15) is 4.80 Å². The van der Waals surface area contributed by atoms with Gasteiger partial charge in [0, 0.05) is 30.3 Å². The molecular weight excluding hydrogens is 414 g/mol. The van der Waals surface area contributed by atoms with Crippen LogP contribution in [0.4, 0.5) is 14.5 Å². The standard InChI is InChI=1S/C20H19ClF2N6O/c1-29-27-18(26-28-29)13-4-2-12(3-5-13)17(14-6-8-20(22,23)11-14)19(30)25-15-7-9-24-16(21)10-15/h2-5,7,9-10,14,17H,6,8,11H2,1H3,(H,24,25,30). The van der Waals surface area contributed by atoms with Gasteiger partial charge in [0.1, 0.15) is 5.15 Å². The van der Waals surface area contributed by atoms with Gasteiger partial charge in [-0.3, -0.25) is 4.79 Å². The molecule has 10 heteroatoms. The van der Waals surface area contributed by atoms with Gasteiger partial charge in [0.25, 0.3) is 0 Å². The number of aromatic nitrogens is 5. The van der Waals surface area contributed by atoms with Gasteiger partial charge in [0.05, 0.1) is 13.0 Å². The molecule has 0 bridgehead atoms. The molecule has 1 fully saturated rings. The Balaban J connectivity index is 1.62. The summed E-state index contributed by atoms with van der Waals surface area (Å²) >= 11 is 5.89. The first-order chi connectivity index (χ1) is 14.3. The summed E-state index contributed by atoms with van der Waals surface area (Å²) in [6.45, 7) is 0. The number of carbonyl (C=O) groups is 1. The number of tetrazole rings is 1. The van der Waals surface area contributed by atoms with Crippen molar-refractivity contribution in [2.75, 3.05) is 5.32 Å². The van der Waals surface area contributed by atoms with Crippen LogP contribution in [0.3, 0.4) is 0 Å². The molecule has 1 N–H and O–H groups in total. The maximum atomic E-state index is 13.9. The van der Waals surface area contributed by atoms with Crippen molar-refractivity contribution in [2.45, 2.75) is 31.1 Å². The summed E-state index contributed by atoms with van der Waals surface area (Å²) in [6.07, 6.45) is 1.20. The van der Waals surface area contributed by atoms with Gasteiger partial charge in [0.15, 0.2) is 0 Å². The van der Waals surface area contributed by atoms with Crippen LogP contribution in [0.25, 0.3) is 11.4 Å². The maximum Gasteiger partial charge on any atom is 0.248 e. The van der Waals surface area contributed by atoms with Crippen molar-refractivity contribution in [2.24, 2.45) is 13.0 Å². The minimum absolute atomic E-state index is 0.218. The second kappa shape index (κ2) is 8.06. The highest BCUT2D eigenvalue weighted by atomic mass is 35.5. The molecule has 0 radical (unpaired) electrons. The fourth-order valence-electron chi connectivity index (χ4n) is 3.85. The van der Waals surface area contributed by atoms with Crippen LogP contribution in [0.1, 0.15) is 30.7 Å². The number of alkyl halides is 2. The van der Waals surface area contributed by atoms with Crippen molar-refractivity contribution >= 4 is 23.2 Å². The zero-order valence-electron chi connectivity index (χ0n) is 16.1. The Morgan fingerprint density at radius 2 is 2.07 bits per heavy atom. The minimum Gasteiger partial charge on any atom is -0.325 e. The Bertz CT molecular complexity index is 1060. The van der Waals surface area contributed by atoms with Crippen LogP contribution < -0.4 is 5.32 Å². The lowest BCUT2D eigenvalue weighted by molar-refractivity contribution is -0.118. The molecule has 4 rings (SSSR count). The number of amides is 1. The van der Waals surface area contributed by atoms with E-state index in [4.69, 9.17) is 11.6 Å². The van der Waals surface area contributed by atoms with Gasteiger partial charge >= 0.3 is 0 Å². The number of aryl methyl sites for hydroxylation is 1. The van der Waals surface area contributed by atoms with E-state index in [-0.39, 0.29) is 30.3 Å². The zero-order valence-corrected chi connectivity index (χ0v) is 16.9. The van der Waals surface area contributed by atoms with Crippen molar-refractivity contribution in [3.05, 3.63) is 53.3 Å². The van der Waals surface area contributed by atoms with Crippen molar-refractivity contribution < 1.29 is 13.6 Å². The van der Waals surface area contributed by atoms with E-state index in [2.05, 4.69) is 25.7 Å². The smallest absolute Gasteiger partial charge is 0.248 e. The van der Waals surface area contributed by atoms with Gasteiger partial charge in [-0.1, -0.05) is 35.9 Å². The fraction of sp³-hybridized carbons (Fsp3) is 0.350. The van der Waals surface area contributed by atoms with Crippen LogP contribution in [0.5, 0.6) is 0 Å². The molecule has 1 amide bonds. The third-order valence-corrected chi connectivity index (χ3v) is 5.43. The number of nitrogens with one attached hydrogen (secondary N) is 1. The maximum absolute atomic E-state index is 13.9. The molecule has 156 valence electrons. The number of rotatable bonds is 5. The molecule has 2 atom stereocenters. The summed E-state index contributed by atoms with van der Waals surface area (Å²) in [5, 5.41) is 14.9. The number of pyridine rings is 1. The lowest BCUT2D eigenvalue weighted by Gasteiger charge is -2.23. The second-order valence-electron chi connectivity index (χ2n) is 7.42. The molecule has 30 heavy (non-hydrogen) atoms. The Morgan fingerprint density at radius 1 is 1.30 bits per heavy atom. The van der Waals surface area contributed by atoms with E-state index in [9.17, 15) is 13.6 Å². The number of benzene rings is 1. The molecule has 2 unspecified atom stereocenters. The van der Waals surface area contributed by atoms with Crippen LogP contribution in [-0.2, 0) is 11.8 Å². The van der Waals surface area contributed by atoms with Crippen molar-refractivity contribution in [3.63, 3.8) is 0 Å². The van der Waals surface area contributed by atoms with Crippen LogP contribution in [-0.4, -0.2) is 37.0 Å². The van der Waals surface area contributed by atoms with Crippen molar-refractivity contribution in [1.82, 2.24) is 25.2 Å². The summed E-state index contributed by atoms with van der Waals surface area (Å²) in [7, 11) is 1.66. The van der Waals surface area contributed by atoms with E-state index >= 15 is 0 Å². The van der Waals surface area contributed by atoms with E-state index in [1.54, 1.807) is 37.4 Å². The molecule has 1 saturated carbocycles. The minimum atomic E-state index is -2.76. The number of nitrogens with zero attached hydrogens (tertiary/aromatic N) is 5. The molecule has 1 aliphatic rings. The average Bonchev–Trinajstić information content (AvgIpc) is 3.28. The highest BCUT2D eigenvalue weighted by molar-refractivity contribution is 6.29. The number of halogens is 3. The Kier molecular flexibility index (Phi) is 5.46. The van der Waals surface area contributed by atoms with Gasteiger partial charge in [-0.15, -0.1) is 10.2 Å².